The molecule has 10 nitrogen and oxygen atoms in total. The molecule has 2 aliphatic heterocycles. The molecule has 0 aromatic heterocycles. The van der Waals surface area contributed by atoms with Gasteiger partial charge in [0.15, 0.2) is 5.17 Å². The summed E-state index contributed by atoms with van der Waals surface area (Å²) >= 11 is 7.42. The zero-order valence-electron chi connectivity index (χ0n) is 18.3. The lowest BCUT2D eigenvalue weighted by Crippen LogP contribution is -2.49. The van der Waals surface area contributed by atoms with Crippen LogP contribution in [0.3, 0.4) is 0 Å². The first-order valence-corrected chi connectivity index (χ1v) is 11.6. The van der Waals surface area contributed by atoms with E-state index in [-0.39, 0.29) is 23.5 Å². The summed E-state index contributed by atoms with van der Waals surface area (Å²) in [6.45, 7) is 0.438. The number of nitrogens with zero attached hydrogens (tertiary/aromatic N) is 2. The lowest BCUT2D eigenvalue weighted by atomic mass is 10.0. The Bertz CT molecular complexity index is 1140. The zero-order valence-corrected chi connectivity index (χ0v) is 19.9. The van der Waals surface area contributed by atoms with E-state index in [9.17, 15) is 14.4 Å². The molecular formula is C22H22ClN5O5S. The lowest BCUT2D eigenvalue weighted by molar-refractivity contribution is -0.121. The predicted molar refractivity (Wildman–Crippen MR) is 130 cm³/mol. The fraction of sp³-hybridized carbons (Fsp3) is 0.273. The van der Waals surface area contributed by atoms with E-state index >= 15 is 0 Å². The van der Waals surface area contributed by atoms with Gasteiger partial charge in [-0.1, -0.05) is 23.4 Å². The molecule has 0 bridgehead atoms. The summed E-state index contributed by atoms with van der Waals surface area (Å²) < 4.78 is 9.87. The van der Waals surface area contributed by atoms with Gasteiger partial charge in [0.25, 0.3) is 0 Å². The van der Waals surface area contributed by atoms with Crippen molar-refractivity contribution in [3.8, 4) is 5.75 Å². The van der Waals surface area contributed by atoms with Crippen LogP contribution < -0.4 is 25.8 Å². The summed E-state index contributed by atoms with van der Waals surface area (Å²) in [5, 5.41) is 3.50. The minimum atomic E-state index is -0.458. The summed E-state index contributed by atoms with van der Waals surface area (Å²) in [4.78, 5) is 43.5. The third kappa shape index (κ3) is 5.02. The summed E-state index contributed by atoms with van der Waals surface area (Å²) in [7, 11) is 2.81. The molecule has 2 aliphatic rings. The number of carbonyl (C=O) groups is 3. The van der Waals surface area contributed by atoms with Crippen molar-refractivity contribution >= 4 is 57.7 Å². The predicted octanol–water partition coefficient (Wildman–Crippen LogP) is 2.26. The fourth-order valence-corrected chi connectivity index (χ4v) is 4.63. The Morgan fingerprint density at radius 1 is 1.24 bits per heavy atom. The summed E-state index contributed by atoms with van der Waals surface area (Å²) in [6, 6.07) is 11.4. The van der Waals surface area contributed by atoms with Gasteiger partial charge in [-0.25, -0.2) is 15.2 Å². The number of ether oxygens (including phenoxy) is 2. The van der Waals surface area contributed by atoms with Crippen LogP contribution in [0.4, 0.5) is 11.4 Å². The minimum Gasteiger partial charge on any atom is -0.495 e. The number of benzene rings is 2. The number of nitrogens with one attached hydrogen (secondary N) is 3. The number of carbonyl (C=O) groups excluding carboxylic acids is 3. The highest BCUT2D eigenvalue weighted by Gasteiger charge is 2.42. The van der Waals surface area contributed by atoms with E-state index in [1.54, 1.807) is 42.5 Å². The second-order valence-electron chi connectivity index (χ2n) is 7.39. The van der Waals surface area contributed by atoms with Gasteiger partial charge in [0, 0.05) is 12.2 Å². The number of anilines is 2. The Kier molecular flexibility index (Phi) is 7.37. The van der Waals surface area contributed by atoms with Crippen LogP contribution in [0.5, 0.6) is 5.75 Å². The first kappa shape index (κ1) is 24.0. The SMILES string of the molecule is COC(=O)c1ccc(NC(=O)CSC2=NC3NNCC3C(=O)N2c2ccc(OC)c(Cl)c2)cc1. The third-order valence-electron chi connectivity index (χ3n) is 5.25. The quantitative estimate of drug-likeness (QED) is 0.513. The number of hydrogen-bond acceptors (Lipinski definition) is 9. The number of thioether (sulfide) groups is 1. The summed E-state index contributed by atoms with van der Waals surface area (Å²) in [6.07, 6.45) is -0.422. The first-order chi connectivity index (χ1) is 16.4. The molecule has 1 fully saturated rings. The van der Waals surface area contributed by atoms with E-state index in [0.29, 0.717) is 39.4 Å². The Balaban J connectivity index is 1.49. The van der Waals surface area contributed by atoms with E-state index < -0.39 is 12.1 Å². The standard InChI is InChI=1S/C22H22ClN5O5S/c1-32-17-8-7-14(9-16(17)23)28-20(30)15-10-24-27-19(15)26-22(28)34-11-18(29)25-13-5-3-12(4-6-13)21(31)33-2/h3-9,15,19,24,27H,10-11H2,1-2H3,(H,25,29). The highest BCUT2D eigenvalue weighted by molar-refractivity contribution is 8.14. The molecule has 0 aliphatic carbocycles. The molecule has 34 heavy (non-hydrogen) atoms. The maximum atomic E-state index is 13.3. The van der Waals surface area contributed by atoms with Crippen molar-refractivity contribution in [3.63, 3.8) is 0 Å². The van der Waals surface area contributed by atoms with Crippen LogP contribution in [0, 0.1) is 5.92 Å². The van der Waals surface area contributed by atoms with Crippen LogP contribution in [-0.4, -0.2) is 55.6 Å². The molecule has 12 heteroatoms. The van der Waals surface area contributed by atoms with Gasteiger partial charge in [-0.15, -0.1) is 0 Å². The number of hydrogen-bond donors (Lipinski definition) is 3. The van der Waals surface area contributed by atoms with Crippen molar-refractivity contribution < 1.29 is 23.9 Å². The molecule has 4 rings (SSSR count). The van der Waals surface area contributed by atoms with E-state index in [1.807, 2.05) is 0 Å². The summed E-state index contributed by atoms with van der Waals surface area (Å²) in [5.41, 5.74) is 7.39. The minimum absolute atomic E-state index is 0.00999. The van der Waals surface area contributed by atoms with Crippen LogP contribution in [-0.2, 0) is 14.3 Å². The van der Waals surface area contributed by atoms with Crippen molar-refractivity contribution in [3.05, 3.63) is 53.1 Å². The molecule has 2 aromatic carbocycles. The van der Waals surface area contributed by atoms with Crippen LogP contribution in [0.2, 0.25) is 5.02 Å². The van der Waals surface area contributed by atoms with Crippen molar-refractivity contribution in [2.24, 2.45) is 10.9 Å². The Labute approximate surface area is 205 Å². The number of esters is 1. The van der Waals surface area contributed by atoms with Crippen molar-refractivity contribution in [1.82, 2.24) is 10.9 Å². The second kappa shape index (κ2) is 10.4. The number of rotatable bonds is 6. The molecule has 0 spiro atoms. The number of aliphatic imine (C=N–C) groups is 1. The first-order valence-electron chi connectivity index (χ1n) is 10.3. The smallest absolute Gasteiger partial charge is 0.337 e. The van der Waals surface area contributed by atoms with Gasteiger partial charge < -0.3 is 14.8 Å². The van der Waals surface area contributed by atoms with Crippen molar-refractivity contribution in [2.45, 2.75) is 6.17 Å². The number of fused-ring (bicyclic) bond motifs is 1. The number of halogens is 1. The average molecular weight is 504 g/mol. The van der Waals surface area contributed by atoms with Crippen LogP contribution in [0.15, 0.2) is 47.5 Å². The molecule has 2 unspecified atom stereocenters. The normalized spacial score (nSPS) is 19.3. The van der Waals surface area contributed by atoms with Crippen molar-refractivity contribution in [1.29, 1.82) is 0 Å². The van der Waals surface area contributed by atoms with Gasteiger partial charge in [0.2, 0.25) is 11.8 Å². The largest absolute Gasteiger partial charge is 0.495 e. The van der Waals surface area contributed by atoms with Crippen molar-refractivity contribution in [2.75, 3.05) is 36.7 Å². The summed E-state index contributed by atoms with van der Waals surface area (Å²) in [5.74, 6) is -0.789. The highest BCUT2D eigenvalue weighted by Crippen LogP contribution is 2.34. The molecule has 2 aromatic rings. The lowest BCUT2D eigenvalue weighted by Gasteiger charge is -2.32. The van der Waals surface area contributed by atoms with E-state index in [0.717, 1.165) is 11.8 Å². The Hall–Kier alpha value is -3.12. The van der Waals surface area contributed by atoms with Gasteiger partial charge in [-0.2, -0.15) is 0 Å². The van der Waals surface area contributed by atoms with Gasteiger partial charge in [-0.3, -0.25) is 19.9 Å². The fourth-order valence-electron chi connectivity index (χ4n) is 3.54. The van der Waals surface area contributed by atoms with Gasteiger partial charge >= 0.3 is 5.97 Å². The topological polar surface area (TPSA) is 121 Å². The molecule has 178 valence electrons. The Morgan fingerprint density at radius 3 is 2.68 bits per heavy atom. The van der Waals surface area contributed by atoms with Crippen LogP contribution in [0.1, 0.15) is 10.4 Å². The molecular weight excluding hydrogens is 482 g/mol. The number of methoxy groups -OCH3 is 2. The molecule has 0 saturated carbocycles. The molecule has 2 atom stereocenters. The second-order valence-corrected chi connectivity index (χ2v) is 8.74. The number of amidine groups is 1. The van der Waals surface area contributed by atoms with Gasteiger partial charge in [0.1, 0.15) is 11.9 Å². The zero-order chi connectivity index (χ0) is 24.2. The molecule has 2 amide bonds. The van der Waals surface area contributed by atoms with Crippen LogP contribution >= 0.6 is 23.4 Å². The Morgan fingerprint density at radius 2 is 2.00 bits per heavy atom. The van der Waals surface area contributed by atoms with E-state index in [2.05, 4.69) is 25.9 Å². The number of hydrazine groups is 1. The highest BCUT2D eigenvalue weighted by atomic mass is 35.5. The van der Waals surface area contributed by atoms with E-state index in [1.165, 1.54) is 19.1 Å². The number of amides is 2. The monoisotopic (exact) mass is 503 g/mol. The molecule has 1 saturated heterocycles. The van der Waals surface area contributed by atoms with Gasteiger partial charge in [-0.05, 0) is 42.5 Å². The van der Waals surface area contributed by atoms with E-state index in [4.69, 9.17) is 16.3 Å². The third-order valence-corrected chi connectivity index (χ3v) is 6.50. The van der Waals surface area contributed by atoms with Crippen LogP contribution in [0.25, 0.3) is 0 Å². The maximum Gasteiger partial charge on any atom is 0.337 e. The molecule has 3 N–H and O–H groups in total. The average Bonchev–Trinajstić information content (AvgIpc) is 3.32. The van der Waals surface area contributed by atoms with Gasteiger partial charge in [0.05, 0.1) is 42.2 Å². The molecule has 0 radical (unpaired) electrons. The maximum absolute atomic E-state index is 13.3. The molecule has 2 heterocycles.